The van der Waals surface area contributed by atoms with Gasteiger partial charge in [0.1, 0.15) is 6.04 Å². The summed E-state index contributed by atoms with van der Waals surface area (Å²) >= 11 is 0. The van der Waals surface area contributed by atoms with Crippen molar-refractivity contribution in [1.29, 1.82) is 0 Å². The Bertz CT molecular complexity index is 430. The third-order valence-corrected chi connectivity index (χ3v) is 3.39. The Morgan fingerprint density at radius 3 is 2.15 bits per heavy atom. The van der Waals surface area contributed by atoms with Gasteiger partial charge in [-0.1, -0.05) is 31.2 Å². The molecule has 0 amide bonds. The Morgan fingerprint density at radius 2 is 1.75 bits per heavy atom. The highest BCUT2D eigenvalue weighted by Gasteiger charge is 2.27. The van der Waals surface area contributed by atoms with E-state index in [0.29, 0.717) is 0 Å². The van der Waals surface area contributed by atoms with E-state index in [9.17, 15) is 15.0 Å². The van der Waals surface area contributed by atoms with Crippen molar-refractivity contribution in [2.24, 2.45) is 0 Å². The smallest absolute Gasteiger partial charge is 0.323 e. The molecule has 1 rings (SSSR count). The lowest BCUT2D eigenvalue weighted by atomic mass is 10.00. The summed E-state index contributed by atoms with van der Waals surface area (Å²) in [4.78, 5) is 11.0. The summed E-state index contributed by atoms with van der Waals surface area (Å²) in [6.07, 6.45) is -0.945. The van der Waals surface area contributed by atoms with E-state index >= 15 is 0 Å². The Kier molecular flexibility index (Phi) is 6.13. The Labute approximate surface area is 119 Å². The predicted molar refractivity (Wildman–Crippen MR) is 76.5 cm³/mol. The summed E-state index contributed by atoms with van der Waals surface area (Å²) in [5, 5.41) is 31.4. The Hall–Kier alpha value is -1.43. The van der Waals surface area contributed by atoms with Crippen LogP contribution in [0.5, 0.6) is 0 Å². The largest absolute Gasteiger partial charge is 0.480 e. The number of carbonyl (C=O) groups is 1. The molecule has 0 spiro atoms. The molecule has 5 nitrogen and oxygen atoms in total. The molecule has 0 aliphatic heterocycles. The average Bonchev–Trinajstić information content (AvgIpc) is 2.43. The lowest BCUT2D eigenvalue weighted by molar-refractivity contribution is -0.142. The van der Waals surface area contributed by atoms with Crippen LogP contribution in [-0.4, -0.2) is 39.5 Å². The van der Waals surface area contributed by atoms with Crippen LogP contribution in [0.4, 0.5) is 0 Å². The van der Waals surface area contributed by atoms with Crippen LogP contribution < -0.4 is 5.32 Å². The van der Waals surface area contributed by atoms with Gasteiger partial charge in [0.2, 0.25) is 0 Å². The first-order valence-electron chi connectivity index (χ1n) is 6.80. The number of hydrogen-bond acceptors (Lipinski definition) is 4. The van der Waals surface area contributed by atoms with Crippen LogP contribution in [0.2, 0.25) is 0 Å². The predicted octanol–water partition coefficient (Wildman–Crippen LogP) is 1.09. The zero-order chi connectivity index (χ0) is 15.3. The number of nitrogens with one attached hydrogen (secondary N) is 1. The molecule has 1 aromatic rings. The second-order valence-electron chi connectivity index (χ2n) is 5.05. The SMILES string of the molecule is CCc1ccc(C(O)C(C)NC(C(=O)O)C(C)O)cc1. The zero-order valence-corrected chi connectivity index (χ0v) is 12.1. The van der Waals surface area contributed by atoms with Gasteiger partial charge in [0.25, 0.3) is 0 Å². The fourth-order valence-electron chi connectivity index (χ4n) is 2.03. The molecule has 20 heavy (non-hydrogen) atoms. The maximum Gasteiger partial charge on any atom is 0.323 e. The summed E-state index contributed by atoms with van der Waals surface area (Å²) in [6, 6.07) is 5.95. The van der Waals surface area contributed by atoms with E-state index in [-0.39, 0.29) is 0 Å². The van der Waals surface area contributed by atoms with Gasteiger partial charge in [-0.05, 0) is 31.4 Å². The van der Waals surface area contributed by atoms with Crippen molar-refractivity contribution >= 4 is 5.97 Å². The first-order valence-corrected chi connectivity index (χ1v) is 6.80. The van der Waals surface area contributed by atoms with Crippen molar-refractivity contribution in [1.82, 2.24) is 5.32 Å². The van der Waals surface area contributed by atoms with Crippen LogP contribution in [0, 0.1) is 0 Å². The molecule has 0 aromatic heterocycles. The number of rotatable bonds is 7. The fraction of sp³-hybridized carbons (Fsp3) is 0.533. The second-order valence-corrected chi connectivity index (χ2v) is 5.05. The Morgan fingerprint density at radius 1 is 1.20 bits per heavy atom. The van der Waals surface area contributed by atoms with E-state index < -0.39 is 30.3 Å². The molecule has 1 aromatic carbocycles. The van der Waals surface area contributed by atoms with Gasteiger partial charge >= 0.3 is 5.97 Å². The molecule has 0 bridgehead atoms. The highest BCUT2D eigenvalue weighted by atomic mass is 16.4. The van der Waals surface area contributed by atoms with E-state index in [0.717, 1.165) is 12.0 Å². The van der Waals surface area contributed by atoms with E-state index in [4.69, 9.17) is 5.11 Å². The van der Waals surface area contributed by atoms with Crippen LogP contribution in [0.15, 0.2) is 24.3 Å². The van der Waals surface area contributed by atoms with Crippen molar-refractivity contribution in [3.8, 4) is 0 Å². The third kappa shape index (κ3) is 4.30. The maximum absolute atomic E-state index is 11.0. The van der Waals surface area contributed by atoms with Crippen molar-refractivity contribution in [2.45, 2.75) is 51.5 Å². The molecule has 0 fully saturated rings. The standard InChI is InChI=1S/C15H23NO4/c1-4-11-5-7-12(8-6-11)14(18)9(2)16-13(10(3)17)15(19)20/h5-10,13-14,16-18H,4H2,1-3H3,(H,19,20). The van der Waals surface area contributed by atoms with Gasteiger partial charge < -0.3 is 15.3 Å². The normalized spacial score (nSPS) is 17.2. The van der Waals surface area contributed by atoms with Gasteiger partial charge in [0.15, 0.2) is 0 Å². The number of aryl methyl sites for hydroxylation is 1. The molecule has 0 aliphatic carbocycles. The molecule has 0 saturated heterocycles. The molecule has 0 aliphatic rings. The molecule has 4 atom stereocenters. The molecule has 5 heteroatoms. The van der Waals surface area contributed by atoms with E-state index in [1.807, 2.05) is 24.3 Å². The van der Waals surface area contributed by atoms with Gasteiger partial charge in [0.05, 0.1) is 12.2 Å². The summed E-state index contributed by atoms with van der Waals surface area (Å²) in [7, 11) is 0. The topological polar surface area (TPSA) is 89.8 Å². The van der Waals surface area contributed by atoms with Crippen molar-refractivity contribution in [3.05, 3.63) is 35.4 Å². The van der Waals surface area contributed by atoms with Gasteiger partial charge in [-0.3, -0.25) is 10.1 Å². The average molecular weight is 281 g/mol. The summed E-state index contributed by atoms with van der Waals surface area (Å²) in [5.41, 5.74) is 1.89. The molecule has 0 heterocycles. The van der Waals surface area contributed by atoms with E-state index in [1.165, 1.54) is 12.5 Å². The molecular formula is C15H23NO4. The van der Waals surface area contributed by atoms with Gasteiger partial charge in [-0.25, -0.2) is 0 Å². The first kappa shape index (κ1) is 16.6. The van der Waals surface area contributed by atoms with Crippen LogP contribution in [0.25, 0.3) is 0 Å². The quantitative estimate of drug-likeness (QED) is 0.601. The molecule has 112 valence electrons. The molecule has 4 unspecified atom stereocenters. The van der Waals surface area contributed by atoms with Gasteiger partial charge in [-0.15, -0.1) is 0 Å². The van der Waals surface area contributed by atoms with Crippen LogP contribution >= 0.6 is 0 Å². The summed E-state index contributed by atoms with van der Waals surface area (Å²) in [5.74, 6) is -1.14. The third-order valence-electron chi connectivity index (χ3n) is 3.39. The number of aliphatic carboxylic acids is 1. The van der Waals surface area contributed by atoms with Crippen LogP contribution in [-0.2, 0) is 11.2 Å². The van der Waals surface area contributed by atoms with Gasteiger partial charge in [-0.2, -0.15) is 0 Å². The zero-order valence-electron chi connectivity index (χ0n) is 12.1. The van der Waals surface area contributed by atoms with Crippen LogP contribution in [0.1, 0.15) is 38.0 Å². The maximum atomic E-state index is 11.0. The molecule has 4 N–H and O–H groups in total. The molecule has 0 saturated carbocycles. The minimum Gasteiger partial charge on any atom is -0.480 e. The minimum atomic E-state index is -1.14. The number of aliphatic hydroxyl groups is 2. The van der Waals surface area contributed by atoms with Crippen molar-refractivity contribution in [2.75, 3.05) is 0 Å². The second kappa shape index (κ2) is 7.38. The molecule has 0 radical (unpaired) electrons. The molecular weight excluding hydrogens is 258 g/mol. The lowest BCUT2D eigenvalue weighted by Crippen LogP contribution is -2.50. The van der Waals surface area contributed by atoms with Crippen LogP contribution in [0.3, 0.4) is 0 Å². The van der Waals surface area contributed by atoms with E-state index in [2.05, 4.69) is 12.2 Å². The highest BCUT2D eigenvalue weighted by Crippen LogP contribution is 2.18. The number of carboxylic acid groups (broad SMARTS) is 1. The first-order chi connectivity index (χ1) is 9.36. The minimum absolute atomic E-state index is 0.488. The summed E-state index contributed by atoms with van der Waals surface area (Å²) in [6.45, 7) is 5.15. The number of benzene rings is 1. The van der Waals surface area contributed by atoms with E-state index in [1.54, 1.807) is 6.92 Å². The number of aliphatic hydroxyl groups excluding tert-OH is 2. The number of hydrogen-bond donors (Lipinski definition) is 4. The van der Waals surface area contributed by atoms with Gasteiger partial charge in [0, 0.05) is 6.04 Å². The lowest BCUT2D eigenvalue weighted by Gasteiger charge is -2.26. The number of carboxylic acids is 1. The van der Waals surface area contributed by atoms with Crippen molar-refractivity contribution in [3.63, 3.8) is 0 Å². The van der Waals surface area contributed by atoms with Crippen molar-refractivity contribution < 1.29 is 20.1 Å². The highest BCUT2D eigenvalue weighted by molar-refractivity contribution is 5.74. The fourth-order valence-corrected chi connectivity index (χ4v) is 2.03. The Balaban J connectivity index is 2.74. The summed E-state index contributed by atoms with van der Waals surface area (Å²) < 4.78 is 0. The monoisotopic (exact) mass is 281 g/mol.